The second-order valence-electron chi connectivity index (χ2n) is 19.2. The summed E-state index contributed by atoms with van der Waals surface area (Å²) < 4.78 is 19.6. The van der Waals surface area contributed by atoms with Crippen molar-refractivity contribution >= 4 is 5.91 Å². The Morgan fingerprint density at radius 3 is 2.36 bits per heavy atom. The number of rotatable bonds is 4. The maximum absolute atomic E-state index is 13.0. The lowest BCUT2D eigenvalue weighted by Crippen LogP contribution is -2.70. The molecule has 2 saturated heterocycles. The zero-order chi connectivity index (χ0) is 32.6. The molecule has 12 atom stereocenters. The second-order valence-corrected chi connectivity index (χ2v) is 19.2. The summed E-state index contributed by atoms with van der Waals surface area (Å²) in [6, 6.07) is 0. The fourth-order valence-corrected chi connectivity index (χ4v) is 12.9. The summed E-state index contributed by atoms with van der Waals surface area (Å²) in [5.74, 6) is 1.26. The predicted molar refractivity (Wildman–Crippen MR) is 172 cm³/mol. The Morgan fingerprint density at radius 2 is 1.67 bits per heavy atom. The van der Waals surface area contributed by atoms with Gasteiger partial charge in [0.2, 0.25) is 5.91 Å². The van der Waals surface area contributed by atoms with Gasteiger partial charge < -0.3 is 35.1 Å². The van der Waals surface area contributed by atoms with Crippen molar-refractivity contribution in [1.29, 1.82) is 0 Å². The first-order valence-electron chi connectivity index (χ1n) is 18.2. The molecule has 7 fully saturated rings. The Bertz CT molecular complexity index is 1190. The smallest absolute Gasteiger partial charge is 0.228 e. The Kier molecular flexibility index (Phi) is 7.38. The van der Waals surface area contributed by atoms with Crippen molar-refractivity contribution in [3.05, 3.63) is 0 Å². The average Bonchev–Trinajstić information content (AvgIpc) is 3.58. The lowest BCUT2D eigenvalue weighted by molar-refractivity contribution is -0.246. The summed E-state index contributed by atoms with van der Waals surface area (Å²) in [5.41, 5.74) is 6.11. The molecule has 1 amide bonds. The number of nitrogens with zero attached hydrogens (tertiary/aromatic N) is 1. The van der Waals surface area contributed by atoms with Crippen LogP contribution in [-0.2, 0) is 19.0 Å². The van der Waals surface area contributed by atoms with E-state index in [9.17, 15) is 15.0 Å². The van der Waals surface area contributed by atoms with Gasteiger partial charge in [-0.2, -0.15) is 0 Å². The van der Waals surface area contributed by atoms with Gasteiger partial charge in [-0.25, -0.2) is 0 Å². The molecule has 5 saturated carbocycles. The molecule has 4 N–H and O–H groups in total. The second kappa shape index (κ2) is 10.1. The van der Waals surface area contributed by atoms with Gasteiger partial charge in [0, 0.05) is 18.4 Å². The highest BCUT2D eigenvalue weighted by Crippen LogP contribution is 2.87. The standard InChI is InChI=1S/C37H62N2O6/c1-31(2,3)30(41)39-17-18-43-27(20-39)45-26-13-14-35-21-36(35)16-15-34(8)23-10-9-22(19-32(4,5)42)44-28(23)29(40)37(34,38)25(36)12-11-24(35)33(26,6)7/h22-29,40,42H,9-21,38H2,1-8H3. The van der Waals surface area contributed by atoms with Gasteiger partial charge in [0.25, 0.3) is 0 Å². The van der Waals surface area contributed by atoms with E-state index >= 15 is 0 Å². The number of aliphatic hydroxyl groups is 2. The Balaban J connectivity index is 1.09. The highest BCUT2D eigenvalue weighted by atomic mass is 16.7. The molecule has 45 heavy (non-hydrogen) atoms. The molecule has 2 heterocycles. The van der Waals surface area contributed by atoms with Gasteiger partial charge in [0.05, 0.1) is 48.7 Å². The number of ether oxygens (including phenoxy) is 3. The van der Waals surface area contributed by atoms with Crippen molar-refractivity contribution in [3.8, 4) is 0 Å². The summed E-state index contributed by atoms with van der Waals surface area (Å²) >= 11 is 0. The molecular weight excluding hydrogens is 568 g/mol. The molecule has 2 aliphatic heterocycles. The lowest BCUT2D eigenvalue weighted by Gasteiger charge is -2.63. The molecule has 2 spiro atoms. The Morgan fingerprint density at radius 1 is 0.978 bits per heavy atom. The van der Waals surface area contributed by atoms with Crippen LogP contribution >= 0.6 is 0 Å². The topological polar surface area (TPSA) is 114 Å². The number of aliphatic hydroxyl groups excluding tert-OH is 1. The molecule has 8 nitrogen and oxygen atoms in total. The van der Waals surface area contributed by atoms with E-state index in [4.69, 9.17) is 19.9 Å². The number of morpholine rings is 1. The molecule has 0 bridgehead atoms. The Hall–Kier alpha value is -0.770. The molecule has 12 unspecified atom stereocenters. The first-order chi connectivity index (χ1) is 20.8. The highest BCUT2D eigenvalue weighted by Gasteiger charge is 2.84. The van der Waals surface area contributed by atoms with Crippen LogP contribution in [0.5, 0.6) is 0 Å². The minimum Gasteiger partial charge on any atom is -0.390 e. The number of carbonyl (C=O) groups excluding carboxylic acids is 1. The van der Waals surface area contributed by atoms with Crippen molar-refractivity contribution in [2.75, 3.05) is 19.7 Å². The zero-order valence-electron chi connectivity index (χ0n) is 29.4. The van der Waals surface area contributed by atoms with E-state index < -0.39 is 22.7 Å². The van der Waals surface area contributed by atoms with E-state index in [-0.39, 0.29) is 58.1 Å². The summed E-state index contributed by atoms with van der Waals surface area (Å²) in [5, 5.41) is 22.7. The number of nitrogens with two attached hydrogens (primary N) is 1. The van der Waals surface area contributed by atoms with Crippen molar-refractivity contribution in [1.82, 2.24) is 4.90 Å². The minimum absolute atomic E-state index is 0.0232. The van der Waals surface area contributed by atoms with Crippen LogP contribution in [0.1, 0.15) is 120 Å². The van der Waals surface area contributed by atoms with Gasteiger partial charge in [0.15, 0.2) is 6.29 Å². The maximum atomic E-state index is 13.0. The van der Waals surface area contributed by atoms with Crippen molar-refractivity contribution in [2.45, 2.75) is 161 Å². The van der Waals surface area contributed by atoms with Crippen molar-refractivity contribution in [3.63, 3.8) is 0 Å². The lowest BCUT2D eigenvalue weighted by atomic mass is 9.44. The van der Waals surface area contributed by atoms with E-state index in [2.05, 4.69) is 20.8 Å². The fourth-order valence-electron chi connectivity index (χ4n) is 12.9. The molecule has 0 aromatic carbocycles. The molecule has 7 rings (SSSR count). The predicted octanol–water partition coefficient (Wildman–Crippen LogP) is 5.02. The van der Waals surface area contributed by atoms with Crippen LogP contribution in [0.25, 0.3) is 0 Å². The quantitative estimate of drug-likeness (QED) is 0.400. The van der Waals surface area contributed by atoms with Gasteiger partial charge >= 0.3 is 0 Å². The SMILES string of the molecule is CC(C)(O)CC1CCC2C(O1)C(O)C1(N)C3CCC4C(C)(C)C(OC5CN(C(=O)C(C)(C)C)CCO5)CCC45CC35CCC21C. The molecule has 0 aromatic heterocycles. The van der Waals surface area contributed by atoms with Gasteiger partial charge in [-0.05, 0) is 111 Å². The van der Waals surface area contributed by atoms with Crippen LogP contribution in [0.15, 0.2) is 0 Å². The third-order valence-corrected chi connectivity index (χ3v) is 15.0. The molecule has 5 aliphatic carbocycles. The van der Waals surface area contributed by atoms with Gasteiger partial charge in [-0.1, -0.05) is 41.5 Å². The molecule has 256 valence electrons. The van der Waals surface area contributed by atoms with Crippen LogP contribution in [-0.4, -0.2) is 82.6 Å². The molecule has 8 heteroatoms. The number of carbonyl (C=O) groups is 1. The number of hydrogen-bond acceptors (Lipinski definition) is 7. The first kappa shape index (κ1) is 32.8. The van der Waals surface area contributed by atoms with Crippen LogP contribution in [0.3, 0.4) is 0 Å². The highest BCUT2D eigenvalue weighted by molar-refractivity contribution is 5.81. The van der Waals surface area contributed by atoms with Gasteiger partial charge in [0.1, 0.15) is 0 Å². The van der Waals surface area contributed by atoms with Crippen LogP contribution in [0.2, 0.25) is 0 Å². The van der Waals surface area contributed by atoms with Gasteiger partial charge in [-0.15, -0.1) is 0 Å². The number of hydrogen-bond donors (Lipinski definition) is 3. The summed E-state index contributed by atoms with van der Waals surface area (Å²) in [7, 11) is 0. The van der Waals surface area contributed by atoms with E-state index in [1.54, 1.807) is 0 Å². The number of fused-ring (bicyclic) bond motifs is 4. The molecule has 7 aliphatic rings. The zero-order valence-corrected chi connectivity index (χ0v) is 29.4. The van der Waals surface area contributed by atoms with Crippen molar-refractivity contribution < 1.29 is 29.2 Å². The van der Waals surface area contributed by atoms with E-state index in [1.165, 1.54) is 12.8 Å². The maximum Gasteiger partial charge on any atom is 0.228 e. The summed E-state index contributed by atoms with van der Waals surface area (Å²) in [6.45, 7) is 18.5. The molecule has 0 aromatic rings. The van der Waals surface area contributed by atoms with E-state index in [0.717, 1.165) is 44.9 Å². The van der Waals surface area contributed by atoms with Crippen LogP contribution in [0, 0.1) is 44.8 Å². The third kappa shape index (κ3) is 4.54. The monoisotopic (exact) mass is 630 g/mol. The molecular formula is C37H62N2O6. The van der Waals surface area contributed by atoms with Crippen LogP contribution < -0.4 is 5.73 Å². The third-order valence-electron chi connectivity index (χ3n) is 15.0. The van der Waals surface area contributed by atoms with Crippen molar-refractivity contribution in [2.24, 2.45) is 50.6 Å². The first-order valence-corrected chi connectivity index (χ1v) is 18.2. The summed E-state index contributed by atoms with van der Waals surface area (Å²) in [6.07, 6.45) is 9.03. The largest absolute Gasteiger partial charge is 0.390 e. The fraction of sp³-hybridized carbons (Fsp3) is 0.973. The average molecular weight is 631 g/mol. The summed E-state index contributed by atoms with van der Waals surface area (Å²) in [4.78, 5) is 15.0. The minimum atomic E-state index is -0.789. The van der Waals surface area contributed by atoms with E-state index in [1.807, 2.05) is 39.5 Å². The van der Waals surface area contributed by atoms with Crippen LogP contribution in [0.4, 0.5) is 0 Å². The Labute approximate surface area is 271 Å². The number of amides is 1. The molecule has 0 radical (unpaired) electrons. The van der Waals surface area contributed by atoms with Gasteiger partial charge in [-0.3, -0.25) is 4.79 Å². The van der Waals surface area contributed by atoms with E-state index in [0.29, 0.717) is 38.0 Å². The normalized spacial score (nSPS) is 50.5.